The Morgan fingerprint density at radius 3 is 2.29 bits per heavy atom. The van der Waals surface area contributed by atoms with Gasteiger partial charge in [-0.25, -0.2) is 0 Å². The number of carbonyl (C=O) groups is 2. The van der Waals surface area contributed by atoms with E-state index in [-0.39, 0.29) is 30.9 Å². The normalized spacial score (nSPS) is 13.4. The van der Waals surface area contributed by atoms with Gasteiger partial charge in [0.1, 0.15) is 6.04 Å². The van der Waals surface area contributed by atoms with E-state index in [1.54, 1.807) is 0 Å². The fourth-order valence-electron chi connectivity index (χ4n) is 1.25. The van der Waals surface area contributed by atoms with Crippen molar-refractivity contribution in [1.29, 1.82) is 0 Å². The number of aliphatic carboxylic acids is 1. The van der Waals surface area contributed by atoms with E-state index < -0.39 is 12.0 Å². The molecule has 0 spiro atoms. The number of rotatable bonds is 8. The molecule has 2 atom stereocenters. The van der Waals surface area contributed by atoms with Crippen LogP contribution in [0.3, 0.4) is 0 Å². The Morgan fingerprint density at radius 1 is 1.29 bits per heavy atom. The number of halogens is 1. The highest BCUT2D eigenvalue weighted by molar-refractivity contribution is 5.85. The number of hydrogen-bond donors (Lipinski definition) is 3. The third kappa shape index (κ3) is 8.94. The third-order valence-corrected chi connectivity index (χ3v) is 2.40. The van der Waals surface area contributed by atoms with E-state index in [1.807, 2.05) is 20.8 Å². The monoisotopic (exact) mass is 266 g/mol. The molecule has 0 rings (SSSR count). The van der Waals surface area contributed by atoms with E-state index in [4.69, 9.17) is 5.11 Å². The van der Waals surface area contributed by atoms with E-state index in [9.17, 15) is 9.59 Å². The van der Waals surface area contributed by atoms with Gasteiger partial charge in [0.05, 0.1) is 6.54 Å². The van der Waals surface area contributed by atoms with Crippen LogP contribution in [0.2, 0.25) is 0 Å². The highest BCUT2D eigenvalue weighted by atomic mass is 35.5. The van der Waals surface area contributed by atoms with Gasteiger partial charge in [-0.1, -0.05) is 20.3 Å². The largest absolute Gasteiger partial charge is 0.480 e. The van der Waals surface area contributed by atoms with Crippen LogP contribution in [0.25, 0.3) is 0 Å². The summed E-state index contributed by atoms with van der Waals surface area (Å²) in [7, 11) is 0. The van der Waals surface area contributed by atoms with Crippen LogP contribution >= 0.6 is 12.4 Å². The summed E-state index contributed by atoms with van der Waals surface area (Å²) in [6.45, 7) is 5.87. The SMILES string of the molecule is CCCC(NCC(=O)NC(C)CC)C(=O)O.Cl. The number of carboxylic acid groups (broad SMARTS) is 1. The number of amides is 1. The average molecular weight is 267 g/mol. The fourth-order valence-corrected chi connectivity index (χ4v) is 1.25. The molecule has 0 saturated carbocycles. The van der Waals surface area contributed by atoms with Crippen LogP contribution in [-0.4, -0.2) is 35.6 Å². The molecule has 0 heterocycles. The molecule has 17 heavy (non-hydrogen) atoms. The summed E-state index contributed by atoms with van der Waals surface area (Å²) < 4.78 is 0. The predicted molar refractivity (Wildman–Crippen MR) is 69.5 cm³/mol. The summed E-state index contributed by atoms with van der Waals surface area (Å²) in [5, 5.41) is 14.4. The molecule has 0 aromatic heterocycles. The molecule has 0 aromatic rings. The van der Waals surface area contributed by atoms with Gasteiger partial charge in [0.2, 0.25) is 5.91 Å². The van der Waals surface area contributed by atoms with E-state index in [0.29, 0.717) is 6.42 Å². The van der Waals surface area contributed by atoms with Crippen molar-refractivity contribution in [2.45, 2.75) is 52.1 Å². The van der Waals surface area contributed by atoms with Gasteiger partial charge in [-0.05, 0) is 19.8 Å². The van der Waals surface area contributed by atoms with Gasteiger partial charge in [0.25, 0.3) is 0 Å². The second-order valence-corrected chi connectivity index (χ2v) is 3.94. The Labute approximate surface area is 109 Å². The van der Waals surface area contributed by atoms with Crippen LogP contribution in [0, 0.1) is 0 Å². The molecule has 1 amide bonds. The summed E-state index contributed by atoms with van der Waals surface area (Å²) in [5.41, 5.74) is 0. The summed E-state index contributed by atoms with van der Waals surface area (Å²) >= 11 is 0. The molecule has 2 unspecified atom stereocenters. The average Bonchev–Trinajstić information content (AvgIpc) is 2.23. The van der Waals surface area contributed by atoms with Gasteiger partial charge in [-0.2, -0.15) is 0 Å². The summed E-state index contributed by atoms with van der Waals surface area (Å²) in [5.74, 6) is -1.06. The number of hydrogen-bond acceptors (Lipinski definition) is 3. The molecule has 3 N–H and O–H groups in total. The Kier molecular flexibility index (Phi) is 11.3. The lowest BCUT2D eigenvalue weighted by molar-refractivity contribution is -0.139. The molecule has 0 aliphatic carbocycles. The topological polar surface area (TPSA) is 78.4 Å². The molecule has 5 nitrogen and oxygen atoms in total. The van der Waals surface area contributed by atoms with E-state index in [0.717, 1.165) is 12.8 Å². The van der Waals surface area contributed by atoms with Crippen molar-refractivity contribution in [3.63, 3.8) is 0 Å². The Hall–Kier alpha value is -0.810. The van der Waals surface area contributed by atoms with Crippen molar-refractivity contribution in [2.75, 3.05) is 6.54 Å². The van der Waals surface area contributed by atoms with Crippen molar-refractivity contribution in [2.24, 2.45) is 0 Å². The summed E-state index contributed by atoms with van der Waals surface area (Å²) in [6, 6.07) is -0.503. The zero-order valence-corrected chi connectivity index (χ0v) is 11.5. The Bertz CT molecular complexity index is 237. The molecule has 0 saturated heterocycles. The maximum Gasteiger partial charge on any atom is 0.320 e. The van der Waals surface area contributed by atoms with E-state index >= 15 is 0 Å². The first-order valence-electron chi connectivity index (χ1n) is 5.76. The maximum atomic E-state index is 11.4. The van der Waals surface area contributed by atoms with Crippen LogP contribution in [0.4, 0.5) is 0 Å². The van der Waals surface area contributed by atoms with Gasteiger partial charge < -0.3 is 10.4 Å². The number of nitrogens with one attached hydrogen (secondary N) is 2. The molecule has 0 aliphatic heterocycles. The zero-order valence-electron chi connectivity index (χ0n) is 10.7. The minimum Gasteiger partial charge on any atom is -0.480 e. The predicted octanol–water partition coefficient (Wildman–Crippen LogP) is 1.17. The van der Waals surface area contributed by atoms with Crippen molar-refractivity contribution in [3.05, 3.63) is 0 Å². The van der Waals surface area contributed by atoms with Crippen molar-refractivity contribution >= 4 is 24.3 Å². The molecule has 102 valence electrons. The molecule has 0 bridgehead atoms. The van der Waals surface area contributed by atoms with Gasteiger partial charge in [-0.15, -0.1) is 12.4 Å². The van der Waals surface area contributed by atoms with E-state index in [2.05, 4.69) is 10.6 Å². The standard InChI is InChI=1S/C11H22N2O3.ClH/c1-4-6-9(11(15)16)12-7-10(14)13-8(3)5-2;/h8-9,12H,4-7H2,1-3H3,(H,13,14)(H,15,16);1H. The van der Waals surface area contributed by atoms with Gasteiger partial charge in [0, 0.05) is 6.04 Å². The lowest BCUT2D eigenvalue weighted by Gasteiger charge is -2.15. The first-order chi connectivity index (χ1) is 7.51. The molecular weight excluding hydrogens is 244 g/mol. The molecule has 0 aliphatic rings. The van der Waals surface area contributed by atoms with Crippen molar-refractivity contribution in [1.82, 2.24) is 10.6 Å². The highest BCUT2D eigenvalue weighted by Gasteiger charge is 2.16. The van der Waals surface area contributed by atoms with Crippen LogP contribution < -0.4 is 10.6 Å². The lowest BCUT2D eigenvalue weighted by atomic mass is 10.1. The second-order valence-electron chi connectivity index (χ2n) is 3.94. The fraction of sp³-hybridized carbons (Fsp3) is 0.818. The first-order valence-corrected chi connectivity index (χ1v) is 5.76. The van der Waals surface area contributed by atoms with Crippen LogP contribution in [0.1, 0.15) is 40.0 Å². The third-order valence-electron chi connectivity index (χ3n) is 2.40. The highest BCUT2D eigenvalue weighted by Crippen LogP contribution is 1.96. The minimum atomic E-state index is -0.904. The molecule has 6 heteroatoms. The minimum absolute atomic E-state index is 0. The van der Waals surface area contributed by atoms with Crippen LogP contribution in [-0.2, 0) is 9.59 Å². The summed E-state index contributed by atoms with van der Waals surface area (Å²) in [6.07, 6.45) is 2.17. The van der Waals surface area contributed by atoms with Crippen molar-refractivity contribution < 1.29 is 14.7 Å². The summed E-state index contributed by atoms with van der Waals surface area (Å²) in [4.78, 5) is 22.2. The van der Waals surface area contributed by atoms with E-state index in [1.165, 1.54) is 0 Å². The van der Waals surface area contributed by atoms with Crippen LogP contribution in [0.15, 0.2) is 0 Å². The van der Waals surface area contributed by atoms with Gasteiger partial charge in [0.15, 0.2) is 0 Å². The van der Waals surface area contributed by atoms with Crippen molar-refractivity contribution in [3.8, 4) is 0 Å². The maximum absolute atomic E-state index is 11.4. The Balaban J connectivity index is 0. The molecule has 0 aromatic carbocycles. The quantitative estimate of drug-likeness (QED) is 0.616. The number of carbonyl (C=O) groups excluding carboxylic acids is 1. The second kappa shape index (κ2) is 10.4. The zero-order chi connectivity index (χ0) is 12.6. The van der Waals surface area contributed by atoms with Gasteiger partial charge in [-0.3, -0.25) is 14.9 Å². The lowest BCUT2D eigenvalue weighted by Crippen LogP contribution is -2.44. The smallest absolute Gasteiger partial charge is 0.320 e. The molecule has 0 radical (unpaired) electrons. The van der Waals surface area contributed by atoms with Gasteiger partial charge >= 0.3 is 5.97 Å². The first kappa shape index (κ1) is 18.6. The Morgan fingerprint density at radius 2 is 1.88 bits per heavy atom. The molecule has 0 fully saturated rings. The van der Waals surface area contributed by atoms with Crippen LogP contribution in [0.5, 0.6) is 0 Å². The molecular formula is C11H23ClN2O3. The number of carboxylic acids is 1.